The zero-order valence-electron chi connectivity index (χ0n) is 17.7. The van der Waals surface area contributed by atoms with Crippen LogP contribution in [-0.2, 0) is 6.54 Å². The van der Waals surface area contributed by atoms with Crippen molar-refractivity contribution in [2.75, 3.05) is 7.05 Å². The molecule has 0 radical (unpaired) electrons. The quantitative estimate of drug-likeness (QED) is 0.264. The molecule has 1 aliphatic carbocycles. The van der Waals surface area contributed by atoms with Crippen LogP contribution in [0.1, 0.15) is 62.0 Å². The predicted octanol–water partition coefficient (Wildman–Crippen LogP) is 5.32. The van der Waals surface area contributed by atoms with Crippen LogP contribution in [-0.4, -0.2) is 30.6 Å². The summed E-state index contributed by atoms with van der Waals surface area (Å²) in [4.78, 5) is 4.19. The highest BCUT2D eigenvalue weighted by Gasteiger charge is 2.42. The van der Waals surface area contributed by atoms with Crippen molar-refractivity contribution in [3.05, 3.63) is 47.3 Å². The summed E-state index contributed by atoms with van der Waals surface area (Å²) in [6.07, 6.45) is -2.01. The molecule has 0 saturated heterocycles. The largest absolute Gasteiger partial charge is 0.573 e. The third-order valence-electron chi connectivity index (χ3n) is 5.29. The van der Waals surface area contributed by atoms with E-state index in [2.05, 4.69) is 39.4 Å². The van der Waals surface area contributed by atoms with Crippen molar-refractivity contribution in [3.63, 3.8) is 0 Å². The van der Waals surface area contributed by atoms with Gasteiger partial charge in [0.05, 0.1) is 12.2 Å². The van der Waals surface area contributed by atoms with Crippen LogP contribution in [0.3, 0.4) is 0 Å². The van der Waals surface area contributed by atoms with E-state index in [0.29, 0.717) is 36.2 Å². The highest BCUT2D eigenvalue weighted by molar-refractivity contribution is 14.0. The van der Waals surface area contributed by atoms with Gasteiger partial charge in [0.25, 0.3) is 0 Å². The molecule has 1 aliphatic rings. The number of nitrogens with one attached hydrogen (secondary N) is 2. The molecule has 1 aromatic heterocycles. The van der Waals surface area contributed by atoms with E-state index in [1.807, 2.05) is 6.07 Å². The Morgan fingerprint density at radius 2 is 2.00 bits per heavy atom. The minimum absolute atomic E-state index is 0. The molecule has 172 valence electrons. The average molecular weight is 552 g/mol. The summed E-state index contributed by atoms with van der Waals surface area (Å²) in [6.45, 7) is 4.66. The van der Waals surface area contributed by atoms with Crippen molar-refractivity contribution < 1.29 is 22.4 Å². The van der Waals surface area contributed by atoms with Crippen LogP contribution in [0.4, 0.5) is 13.2 Å². The Kier molecular flexibility index (Phi) is 9.01. The van der Waals surface area contributed by atoms with Gasteiger partial charge in [0.2, 0.25) is 0 Å². The van der Waals surface area contributed by atoms with Crippen LogP contribution in [0.5, 0.6) is 5.75 Å². The number of para-hydroxylation sites is 1. The molecule has 1 aromatic carbocycles. The van der Waals surface area contributed by atoms with E-state index in [1.165, 1.54) is 12.1 Å². The number of hydrogen-bond donors (Lipinski definition) is 2. The topological polar surface area (TPSA) is 71.7 Å². The fourth-order valence-corrected chi connectivity index (χ4v) is 3.56. The number of guanidine groups is 1. The molecule has 2 aromatic rings. The van der Waals surface area contributed by atoms with Crippen molar-refractivity contribution in [2.45, 2.75) is 63.9 Å². The van der Waals surface area contributed by atoms with E-state index in [4.69, 9.17) is 4.52 Å². The summed E-state index contributed by atoms with van der Waals surface area (Å²) in [5, 5.41) is 10.6. The van der Waals surface area contributed by atoms with Gasteiger partial charge in [-0.15, -0.1) is 37.1 Å². The summed E-state index contributed by atoms with van der Waals surface area (Å²) in [5.41, 5.74) is 1.48. The summed E-state index contributed by atoms with van der Waals surface area (Å²) in [6, 6.07) is 8.17. The van der Waals surface area contributed by atoms with Gasteiger partial charge in [-0.3, -0.25) is 4.99 Å². The maximum Gasteiger partial charge on any atom is 0.573 e. The first kappa shape index (κ1) is 25.3. The second kappa shape index (κ2) is 11.1. The molecule has 2 N–H and O–H groups in total. The zero-order chi connectivity index (χ0) is 21.7. The molecule has 1 heterocycles. The predicted molar refractivity (Wildman–Crippen MR) is 123 cm³/mol. The average Bonchev–Trinajstić information content (AvgIpc) is 3.31. The highest BCUT2D eigenvalue weighted by Crippen LogP contribution is 2.45. The number of rotatable bonds is 8. The van der Waals surface area contributed by atoms with Crippen LogP contribution >= 0.6 is 24.0 Å². The molecule has 1 fully saturated rings. The molecular formula is C21H28F3IN4O2. The lowest BCUT2D eigenvalue weighted by atomic mass is 9.99. The van der Waals surface area contributed by atoms with Crippen LogP contribution in [0.15, 0.2) is 39.8 Å². The van der Waals surface area contributed by atoms with Gasteiger partial charge < -0.3 is 19.9 Å². The molecule has 0 amide bonds. The second-order valence-corrected chi connectivity index (χ2v) is 7.34. The number of halogens is 4. The van der Waals surface area contributed by atoms with E-state index < -0.39 is 6.36 Å². The van der Waals surface area contributed by atoms with Gasteiger partial charge in [-0.25, -0.2) is 0 Å². The maximum atomic E-state index is 12.6. The molecule has 2 atom stereocenters. The number of nitrogens with zero attached hydrogens (tertiary/aromatic N) is 2. The number of alkyl halides is 3. The number of aromatic nitrogens is 1. The first-order chi connectivity index (χ1) is 14.3. The summed E-state index contributed by atoms with van der Waals surface area (Å²) in [5.74, 6) is 1.41. The third-order valence-corrected chi connectivity index (χ3v) is 5.29. The number of aliphatic imine (C=N–C) groups is 1. The fourth-order valence-electron chi connectivity index (χ4n) is 3.56. The lowest BCUT2D eigenvalue weighted by molar-refractivity contribution is -0.274. The summed E-state index contributed by atoms with van der Waals surface area (Å²) in [7, 11) is 1.64. The molecule has 6 nitrogen and oxygen atoms in total. The first-order valence-electron chi connectivity index (χ1n) is 10.1. The van der Waals surface area contributed by atoms with Gasteiger partial charge in [0.15, 0.2) is 11.7 Å². The second-order valence-electron chi connectivity index (χ2n) is 7.34. The minimum atomic E-state index is -4.71. The molecule has 2 unspecified atom stereocenters. The van der Waals surface area contributed by atoms with Crippen molar-refractivity contribution in [1.82, 2.24) is 15.8 Å². The van der Waals surface area contributed by atoms with E-state index in [9.17, 15) is 13.2 Å². The highest BCUT2D eigenvalue weighted by atomic mass is 127. The van der Waals surface area contributed by atoms with Gasteiger partial charge in [-0.05, 0) is 30.9 Å². The zero-order valence-corrected chi connectivity index (χ0v) is 20.0. The lowest BCUT2D eigenvalue weighted by Gasteiger charge is -2.14. The smallest absolute Gasteiger partial charge is 0.405 e. The number of ether oxygens (including phenoxy) is 1. The van der Waals surface area contributed by atoms with Gasteiger partial charge in [0.1, 0.15) is 5.75 Å². The molecule has 0 aliphatic heterocycles. The summed E-state index contributed by atoms with van der Waals surface area (Å²) < 4.78 is 47.5. The molecule has 1 saturated carbocycles. The van der Waals surface area contributed by atoms with Crippen LogP contribution < -0.4 is 15.4 Å². The van der Waals surface area contributed by atoms with Crippen LogP contribution in [0, 0.1) is 0 Å². The van der Waals surface area contributed by atoms with Crippen molar-refractivity contribution in [3.8, 4) is 5.75 Å². The normalized spacial score (nSPS) is 18.5. The van der Waals surface area contributed by atoms with E-state index in [-0.39, 0.29) is 41.7 Å². The Labute approximate surface area is 197 Å². The third kappa shape index (κ3) is 7.01. The molecule has 31 heavy (non-hydrogen) atoms. The van der Waals surface area contributed by atoms with E-state index >= 15 is 0 Å². The monoisotopic (exact) mass is 552 g/mol. The summed E-state index contributed by atoms with van der Waals surface area (Å²) >= 11 is 0. The molecule has 0 spiro atoms. The maximum absolute atomic E-state index is 12.6. The van der Waals surface area contributed by atoms with Gasteiger partial charge in [-0.1, -0.05) is 37.2 Å². The molecule has 0 bridgehead atoms. The minimum Gasteiger partial charge on any atom is -0.405 e. The Bertz CT molecular complexity index is 868. The SMILES string of the molecule is CCC(CC)c1cc(CNC(=NC)NC2CC2c2ccccc2OC(F)(F)F)on1.I. The van der Waals surface area contributed by atoms with Crippen LogP contribution in [0.2, 0.25) is 0 Å². The first-order valence-corrected chi connectivity index (χ1v) is 10.1. The standard InChI is InChI=1S/C21H27F3N4O2.HI/c1-4-13(5-2)17-10-14(30-28-17)12-26-20(25-3)27-18-11-16(18)15-8-6-7-9-19(15)29-21(22,23)24;/h6-10,13,16,18H,4-5,11-12H2,1-3H3,(H2,25,26,27);1H. The van der Waals surface area contributed by atoms with E-state index in [0.717, 1.165) is 18.5 Å². The Balaban J connectivity index is 0.00000341. The van der Waals surface area contributed by atoms with Crippen molar-refractivity contribution >= 4 is 29.9 Å². The number of benzene rings is 1. The van der Waals surface area contributed by atoms with Gasteiger partial charge >= 0.3 is 6.36 Å². The molecular weight excluding hydrogens is 524 g/mol. The molecule has 10 heteroatoms. The Morgan fingerprint density at radius 1 is 1.29 bits per heavy atom. The Hall–Kier alpha value is -1.98. The van der Waals surface area contributed by atoms with Gasteiger partial charge in [0, 0.05) is 31.0 Å². The van der Waals surface area contributed by atoms with Crippen molar-refractivity contribution in [1.29, 1.82) is 0 Å². The van der Waals surface area contributed by atoms with E-state index in [1.54, 1.807) is 19.2 Å². The number of hydrogen-bond acceptors (Lipinski definition) is 4. The fraction of sp³-hybridized carbons (Fsp3) is 0.524. The van der Waals surface area contributed by atoms with Gasteiger partial charge in [-0.2, -0.15) is 0 Å². The lowest BCUT2D eigenvalue weighted by Crippen LogP contribution is -2.38. The van der Waals surface area contributed by atoms with Crippen LogP contribution in [0.25, 0.3) is 0 Å². The Morgan fingerprint density at radius 3 is 2.65 bits per heavy atom. The van der Waals surface area contributed by atoms with Crippen molar-refractivity contribution in [2.24, 2.45) is 4.99 Å². The molecule has 3 rings (SSSR count).